The van der Waals surface area contributed by atoms with Gasteiger partial charge in [0, 0.05) is 25.3 Å². The fourth-order valence-corrected chi connectivity index (χ4v) is 1.74. The van der Waals surface area contributed by atoms with Crippen molar-refractivity contribution >= 4 is 5.97 Å². The average molecular weight is 243 g/mol. The van der Waals surface area contributed by atoms with Crippen LogP contribution in [0.5, 0.6) is 0 Å². The zero-order valence-corrected chi connectivity index (χ0v) is 11.3. The Balaban J connectivity index is 2.04. The summed E-state index contributed by atoms with van der Waals surface area (Å²) in [5.41, 5.74) is 0.0565. The van der Waals surface area contributed by atoms with Crippen LogP contribution in [-0.4, -0.2) is 37.9 Å². The second-order valence-electron chi connectivity index (χ2n) is 5.67. The van der Waals surface area contributed by atoms with E-state index in [0.29, 0.717) is 25.5 Å². The van der Waals surface area contributed by atoms with E-state index in [2.05, 4.69) is 26.1 Å². The van der Waals surface area contributed by atoms with Crippen molar-refractivity contribution in [3.8, 4) is 0 Å². The van der Waals surface area contributed by atoms with Crippen molar-refractivity contribution in [2.24, 2.45) is 5.92 Å². The number of ether oxygens (including phenoxy) is 2. The molecule has 0 spiro atoms. The first kappa shape index (κ1) is 14.5. The highest BCUT2D eigenvalue weighted by Crippen LogP contribution is 2.14. The topological polar surface area (TPSA) is 47.6 Å². The van der Waals surface area contributed by atoms with Gasteiger partial charge in [0.15, 0.2) is 0 Å². The number of nitrogens with one attached hydrogen (secondary N) is 1. The Hall–Kier alpha value is -0.610. The van der Waals surface area contributed by atoms with Crippen LogP contribution in [0.1, 0.15) is 40.0 Å². The second-order valence-corrected chi connectivity index (χ2v) is 5.67. The molecule has 1 rings (SSSR count). The standard InChI is InChI=1S/C13H25NO3/c1-13(2,3)14-7-4-12(15)17-10-11-5-8-16-9-6-11/h11,14H,4-10H2,1-3H3. The van der Waals surface area contributed by atoms with Crippen LogP contribution in [0.4, 0.5) is 0 Å². The lowest BCUT2D eigenvalue weighted by atomic mass is 10.0. The molecule has 0 amide bonds. The highest BCUT2D eigenvalue weighted by molar-refractivity contribution is 5.69. The summed E-state index contributed by atoms with van der Waals surface area (Å²) in [6.45, 7) is 9.08. The Morgan fingerprint density at radius 1 is 1.35 bits per heavy atom. The van der Waals surface area contributed by atoms with Crippen LogP contribution in [0.2, 0.25) is 0 Å². The molecule has 0 aliphatic carbocycles. The van der Waals surface area contributed by atoms with Gasteiger partial charge in [-0.1, -0.05) is 0 Å². The fourth-order valence-electron chi connectivity index (χ4n) is 1.74. The number of rotatable bonds is 5. The highest BCUT2D eigenvalue weighted by Gasteiger charge is 2.16. The second kappa shape index (κ2) is 6.97. The van der Waals surface area contributed by atoms with Gasteiger partial charge < -0.3 is 14.8 Å². The molecule has 0 radical (unpaired) electrons. The summed E-state index contributed by atoms with van der Waals surface area (Å²) in [4.78, 5) is 11.5. The van der Waals surface area contributed by atoms with E-state index in [-0.39, 0.29) is 11.5 Å². The highest BCUT2D eigenvalue weighted by atomic mass is 16.5. The Morgan fingerprint density at radius 3 is 2.59 bits per heavy atom. The van der Waals surface area contributed by atoms with Crippen molar-refractivity contribution in [1.82, 2.24) is 5.32 Å². The minimum absolute atomic E-state index is 0.0565. The van der Waals surface area contributed by atoms with Crippen molar-refractivity contribution in [3.63, 3.8) is 0 Å². The molecule has 4 nitrogen and oxygen atoms in total. The van der Waals surface area contributed by atoms with Crippen molar-refractivity contribution in [2.75, 3.05) is 26.4 Å². The molecule has 1 fully saturated rings. The summed E-state index contributed by atoms with van der Waals surface area (Å²) in [5, 5.41) is 3.27. The van der Waals surface area contributed by atoms with Gasteiger partial charge in [-0.15, -0.1) is 0 Å². The molecule has 100 valence electrons. The van der Waals surface area contributed by atoms with Crippen LogP contribution in [0.25, 0.3) is 0 Å². The first-order valence-corrected chi connectivity index (χ1v) is 6.46. The van der Waals surface area contributed by atoms with Gasteiger partial charge in [-0.25, -0.2) is 0 Å². The smallest absolute Gasteiger partial charge is 0.307 e. The van der Waals surface area contributed by atoms with E-state index in [1.165, 1.54) is 0 Å². The van der Waals surface area contributed by atoms with Gasteiger partial charge in [-0.05, 0) is 39.5 Å². The summed E-state index contributed by atoms with van der Waals surface area (Å²) in [6, 6.07) is 0. The summed E-state index contributed by atoms with van der Waals surface area (Å²) in [6.07, 6.45) is 2.46. The van der Waals surface area contributed by atoms with Crippen molar-refractivity contribution in [1.29, 1.82) is 0 Å². The molecule has 0 atom stereocenters. The number of hydrogen-bond acceptors (Lipinski definition) is 4. The Kier molecular flexibility index (Phi) is 5.92. The first-order valence-electron chi connectivity index (χ1n) is 6.46. The largest absolute Gasteiger partial charge is 0.465 e. The lowest BCUT2D eigenvalue weighted by Crippen LogP contribution is -2.37. The van der Waals surface area contributed by atoms with Crippen LogP contribution < -0.4 is 5.32 Å². The maximum Gasteiger partial charge on any atom is 0.307 e. The SMILES string of the molecule is CC(C)(C)NCCC(=O)OCC1CCOCC1. The summed E-state index contributed by atoms with van der Waals surface area (Å²) in [5.74, 6) is 0.386. The lowest BCUT2D eigenvalue weighted by Gasteiger charge is -2.22. The average Bonchev–Trinajstić information content (AvgIpc) is 2.26. The predicted octanol–water partition coefficient (Wildman–Crippen LogP) is 1.73. The van der Waals surface area contributed by atoms with E-state index in [0.717, 1.165) is 26.1 Å². The molecular weight excluding hydrogens is 218 g/mol. The van der Waals surface area contributed by atoms with Crippen LogP contribution in [0, 0.1) is 5.92 Å². The van der Waals surface area contributed by atoms with E-state index in [9.17, 15) is 4.79 Å². The maximum atomic E-state index is 11.5. The molecule has 0 saturated carbocycles. The third-order valence-electron chi connectivity index (χ3n) is 2.81. The molecule has 1 N–H and O–H groups in total. The molecule has 4 heteroatoms. The predicted molar refractivity (Wildman–Crippen MR) is 66.9 cm³/mol. The van der Waals surface area contributed by atoms with E-state index in [1.807, 2.05) is 0 Å². The van der Waals surface area contributed by atoms with Crippen LogP contribution >= 0.6 is 0 Å². The van der Waals surface area contributed by atoms with Gasteiger partial charge in [0.25, 0.3) is 0 Å². The quantitative estimate of drug-likeness (QED) is 0.747. The zero-order valence-electron chi connectivity index (χ0n) is 11.3. The Bertz CT molecular complexity index is 229. The third-order valence-corrected chi connectivity index (χ3v) is 2.81. The third kappa shape index (κ3) is 7.34. The van der Waals surface area contributed by atoms with E-state index >= 15 is 0 Å². The van der Waals surface area contributed by atoms with Crippen molar-refractivity contribution in [3.05, 3.63) is 0 Å². The molecule has 1 saturated heterocycles. The molecule has 1 aliphatic heterocycles. The maximum absolute atomic E-state index is 11.5. The van der Waals surface area contributed by atoms with Crippen molar-refractivity contribution < 1.29 is 14.3 Å². The van der Waals surface area contributed by atoms with Gasteiger partial charge in [0.2, 0.25) is 0 Å². The number of esters is 1. The first-order chi connectivity index (χ1) is 7.97. The number of carbonyl (C=O) groups is 1. The molecule has 0 unspecified atom stereocenters. The molecule has 1 heterocycles. The fraction of sp³-hybridized carbons (Fsp3) is 0.923. The summed E-state index contributed by atoms with van der Waals surface area (Å²) < 4.78 is 10.5. The van der Waals surface area contributed by atoms with E-state index in [1.54, 1.807) is 0 Å². The number of carbonyl (C=O) groups excluding carboxylic acids is 1. The van der Waals surface area contributed by atoms with Crippen LogP contribution in [0.15, 0.2) is 0 Å². The summed E-state index contributed by atoms with van der Waals surface area (Å²) in [7, 11) is 0. The zero-order chi connectivity index (χ0) is 12.7. The monoisotopic (exact) mass is 243 g/mol. The van der Waals surface area contributed by atoms with E-state index < -0.39 is 0 Å². The summed E-state index contributed by atoms with van der Waals surface area (Å²) >= 11 is 0. The van der Waals surface area contributed by atoms with Crippen molar-refractivity contribution in [2.45, 2.75) is 45.6 Å². The van der Waals surface area contributed by atoms with Gasteiger partial charge >= 0.3 is 5.97 Å². The van der Waals surface area contributed by atoms with Gasteiger partial charge in [0.05, 0.1) is 13.0 Å². The Labute approximate surface area is 104 Å². The van der Waals surface area contributed by atoms with Gasteiger partial charge in [-0.2, -0.15) is 0 Å². The molecule has 0 bridgehead atoms. The minimum Gasteiger partial charge on any atom is -0.465 e. The molecule has 0 aromatic heterocycles. The van der Waals surface area contributed by atoms with Crippen LogP contribution in [0.3, 0.4) is 0 Å². The van der Waals surface area contributed by atoms with Gasteiger partial charge in [0.1, 0.15) is 0 Å². The molecule has 17 heavy (non-hydrogen) atoms. The molecule has 0 aromatic carbocycles. The van der Waals surface area contributed by atoms with Crippen LogP contribution in [-0.2, 0) is 14.3 Å². The molecule has 0 aromatic rings. The molecule has 1 aliphatic rings. The lowest BCUT2D eigenvalue weighted by molar-refractivity contribution is -0.145. The normalized spacial score (nSPS) is 18.1. The number of hydrogen-bond donors (Lipinski definition) is 1. The van der Waals surface area contributed by atoms with Gasteiger partial charge in [-0.3, -0.25) is 4.79 Å². The molecular formula is C13H25NO3. The Morgan fingerprint density at radius 2 is 2.00 bits per heavy atom. The van der Waals surface area contributed by atoms with E-state index in [4.69, 9.17) is 9.47 Å². The minimum atomic E-state index is -0.103.